The third-order valence-corrected chi connectivity index (χ3v) is 11.1. The Kier molecular flexibility index (Phi) is 7.61. The molecule has 0 aliphatic heterocycles. The lowest BCUT2D eigenvalue weighted by molar-refractivity contribution is 1.28. The summed E-state index contributed by atoms with van der Waals surface area (Å²) in [6.07, 6.45) is 8.01. The van der Waals surface area contributed by atoms with Crippen LogP contribution in [0.5, 0.6) is 0 Å². The van der Waals surface area contributed by atoms with Crippen LogP contribution >= 0.6 is 7.26 Å². The minimum atomic E-state index is -1.84. The van der Waals surface area contributed by atoms with Gasteiger partial charge in [-0.2, -0.15) is 0 Å². The number of hydrogen-bond donors (Lipinski definition) is 0. The Morgan fingerprint density at radius 1 is 0.618 bits per heavy atom. The second-order valence-corrected chi connectivity index (χ2v) is 12.6. The van der Waals surface area contributed by atoms with Gasteiger partial charge >= 0.3 is 0 Å². The summed E-state index contributed by atoms with van der Waals surface area (Å²) in [5, 5.41) is 4.27. The van der Waals surface area contributed by atoms with Crippen LogP contribution in [0.25, 0.3) is 6.08 Å². The first kappa shape index (κ1) is 23.9. The van der Waals surface area contributed by atoms with Gasteiger partial charge in [-0.25, -0.2) is 0 Å². The average molecular weight is 462 g/mol. The first-order valence-corrected chi connectivity index (χ1v) is 14.0. The molecule has 4 aromatic carbocycles. The van der Waals surface area contributed by atoms with E-state index in [-0.39, 0.29) is 0 Å². The first-order chi connectivity index (χ1) is 16.5. The average Bonchev–Trinajstić information content (AvgIpc) is 2.89. The van der Waals surface area contributed by atoms with Crippen molar-refractivity contribution in [1.29, 1.82) is 0 Å². The van der Waals surface area contributed by atoms with Crippen molar-refractivity contribution in [2.75, 3.05) is 6.16 Å². The van der Waals surface area contributed by atoms with Crippen molar-refractivity contribution in [2.24, 2.45) is 0 Å². The van der Waals surface area contributed by atoms with Crippen LogP contribution in [0.3, 0.4) is 0 Å². The number of allylic oxidation sites excluding steroid dienone is 3. The normalized spacial score (nSPS) is 12.3. The van der Waals surface area contributed by atoms with Crippen molar-refractivity contribution in [2.45, 2.75) is 27.7 Å². The SMILES string of the molecule is C/C(C=Cc1c(C)ccc(C)c1C)=C\C[P+](c1ccccc1)(c1ccccc1)c1ccccc1. The molecule has 0 heterocycles. The van der Waals surface area contributed by atoms with Gasteiger partial charge in [-0.1, -0.05) is 84.5 Å². The Bertz CT molecular complexity index is 1190. The van der Waals surface area contributed by atoms with Crippen molar-refractivity contribution in [3.05, 3.63) is 143 Å². The Balaban J connectivity index is 1.79. The molecule has 0 saturated carbocycles. The molecule has 4 aromatic rings. The van der Waals surface area contributed by atoms with Gasteiger partial charge in [-0.15, -0.1) is 0 Å². The molecule has 34 heavy (non-hydrogen) atoms. The molecule has 0 aliphatic carbocycles. The highest BCUT2D eigenvalue weighted by Gasteiger charge is 2.44. The molecule has 1 heteroatoms. The summed E-state index contributed by atoms with van der Waals surface area (Å²) < 4.78 is 0. The predicted molar refractivity (Wildman–Crippen MR) is 153 cm³/mol. The van der Waals surface area contributed by atoms with Crippen LogP contribution in [-0.2, 0) is 0 Å². The van der Waals surface area contributed by atoms with E-state index in [1.165, 1.54) is 43.7 Å². The second kappa shape index (κ2) is 10.8. The lowest BCUT2D eigenvalue weighted by atomic mass is 9.97. The van der Waals surface area contributed by atoms with Gasteiger partial charge in [0.05, 0.1) is 6.16 Å². The van der Waals surface area contributed by atoms with Gasteiger partial charge in [0, 0.05) is 0 Å². The van der Waals surface area contributed by atoms with E-state index >= 15 is 0 Å². The quantitative estimate of drug-likeness (QED) is 0.197. The maximum atomic E-state index is 2.44. The lowest BCUT2D eigenvalue weighted by Crippen LogP contribution is -2.33. The Hall–Kier alpha value is -3.21. The minimum absolute atomic E-state index is 0.993. The van der Waals surface area contributed by atoms with Crippen LogP contribution in [0, 0.1) is 20.8 Å². The van der Waals surface area contributed by atoms with Gasteiger partial charge in [-0.05, 0) is 92.4 Å². The molecule has 0 amide bonds. The van der Waals surface area contributed by atoms with E-state index in [4.69, 9.17) is 0 Å². The van der Waals surface area contributed by atoms with Crippen molar-refractivity contribution < 1.29 is 0 Å². The molecule has 0 atom stereocenters. The van der Waals surface area contributed by atoms with E-state index in [0.717, 1.165) is 6.16 Å². The molecule has 0 aliphatic rings. The largest absolute Gasteiger partial charge is 0.115 e. The van der Waals surface area contributed by atoms with E-state index in [1.54, 1.807) is 0 Å². The number of aryl methyl sites for hydroxylation is 2. The zero-order chi connectivity index (χ0) is 24.0. The standard InChI is InChI=1S/C33H34P/c1-26(20-23-33-28(3)22-21-27(2)29(33)4)24-25-34(30-14-8-5-9-15-30,31-16-10-6-11-17-31)32-18-12-7-13-19-32/h5-24H,25H2,1-4H3/q+1/b23-20?,26-24+. The predicted octanol–water partition coefficient (Wildman–Crippen LogP) is 7.57. The fourth-order valence-electron chi connectivity index (χ4n) is 4.60. The molecular weight excluding hydrogens is 427 g/mol. The molecule has 4 rings (SSSR count). The molecule has 0 unspecified atom stereocenters. The van der Waals surface area contributed by atoms with E-state index in [1.807, 2.05) is 0 Å². The monoisotopic (exact) mass is 461 g/mol. The molecule has 0 bridgehead atoms. The van der Waals surface area contributed by atoms with Crippen LogP contribution in [0.15, 0.2) is 121 Å². The summed E-state index contributed by atoms with van der Waals surface area (Å²) in [5.41, 5.74) is 6.67. The van der Waals surface area contributed by atoms with Crippen molar-refractivity contribution in [1.82, 2.24) is 0 Å². The lowest BCUT2D eigenvalue weighted by Gasteiger charge is -2.26. The first-order valence-electron chi connectivity index (χ1n) is 12.0. The summed E-state index contributed by atoms with van der Waals surface area (Å²) >= 11 is 0. The molecule has 0 radical (unpaired) electrons. The number of rotatable bonds is 7. The van der Waals surface area contributed by atoms with Crippen LogP contribution < -0.4 is 15.9 Å². The number of hydrogen-bond acceptors (Lipinski definition) is 0. The summed E-state index contributed by atoms with van der Waals surface area (Å²) in [6.45, 7) is 8.83. The van der Waals surface area contributed by atoms with Crippen LogP contribution in [0.4, 0.5) is 0 Å². The molecule has 0 spiro atoms. The molecule has 0 aromatic heterocycles. The van der Waals surface area contributed by atoms with Gasteiger partial charge in [0.25, 0.3) is 0 Å². The summed E-state index contributed by atoms with van der Waals surface area (Å²) in [7, 11) is -1.84. The highest BCUT2D eigenvalue weighted by atomic mass is 31.2. The molecular formula is C33H34P+. The van der Waals surface area contributed by atoms with Crippen LogP contribution in [0.2, 0.25) is 0 Å². The zero-order valence-electron chi connectivity index (χ0n) is 20.7. The van der Waals surface area contributed by atoms with Crippen LogP contribution in [-0.4, -0.2) is 6.16 Å². The van der Waals surface area contributed by atoms with E-state index in [0.29, 0.717) is 0 Å². The smallest absolute Gasteiger partial charge is 0.0620 e. The Morgan fingerprint density at radius 2 is 1.06 bits per heavy atom. The van der Waals surface area contributed by atoms with Gasteiger partial charge < -0.3 is 0 Å². The summed E-state index contributed by atoms with van der Waals surface area (Å²) in [6, 6.07) is 37.7. The number of benzene rings is 4. The fourth-order valence-corrected chi connectivity index (χ4v) is 8.74. The minimum Gasteiger partial charge on any atom is -0.0620 e. The topological polar surface area (TPSA) is 0 Å². The molecule has 0 saturated heterocycles. The van der Waals surface area contributed by atoms with Gasteiger partial charge in [0.2, 0.25) is 0 Å². The molecule has 0 fully saturated rings. The van der Waals surface area contributed by atoms with Crippen molar-refractivity contribution >= 4 is 29.3 Å². The third-order valence-electron chi connectivity index (χ3n) is 6.79. The molecule has 170 valence electrons. The molecule has 0 nitrogen and oxygen atoms in total. The maximum absolute atomic E-state index is 2.44. The van der Waals surface area contributed by atoms with Gasteiger partial charge in [0.15, 0.2) is 0 Å². The van der Waals surface area contributed by atoms with Crippen molar-refractivity contribution in [3.8, 4) is 0 Å². The third kappa shape index (κ3) is 4.98. The summed E-state index contributed by atoms with van der Waals surface area (Å²) in [5.74, 6) is 0. The van der Waals surface area contributed by atoms with E-state index in [2.05, 4.69) is 149 Å². The fraction of sp³-hybridized carbons (Fsp3) is 0.152. The summed E-state index contributed by atoms with van der Waals surface area (Å²) in [4.78, 5) is 0. The maximum Gasteiger partial charge on any atom is 0.115 e. The Labute approximate surface area is 206 Å². The second-order valence-electron chi connectivity index (χ2n) is 9.02. The van der Waals surface area contributed by atoms with Crippen LogP contribution in [0.1, 0.15) is 29.2 Å². The Morgan fingerprint density at radius 3 is 1.53 bits per heavy atom. The highest BCUT2D eigenvalue weighted by molar-refractivity contribution is 7.95. The van der Waals surface area contributed by atoms with E-state index < -0.39 is 7.26 Å². The van der Waals surface area contributed by atoms with Gasteiger partial charge in [-0.3, -0.25) is 0 Å². The van der Waals surface area contributed by atoms with Gasteiger partial charge in [0.1, 0.15) is 23.2 Å². The zero-order valence-corrected chi connectivity index (χ0v) is 21.6. The molecule has 0 N–H and O–H groups in total. The van der Waals surface area contributed by atoms with E-state index in [9.17, 15) is 0 Å². The highest BCUT2D eigenvalue weighted by Crippen LogP contribution is 2.55. The van der Waals surface area contributed by atoms with Crippen molar-refractivity contribution in [3.63, 3.8) is 0 Å².